The summed E-state index contributed by atoms with van der Waals surface area (Å²) in [4.78, 5) is 12.0. The average Bonchev–Trinajstić information content (AvgIpc) is 2.85. The van der Waals surface area contributed by atoms with Gasteiger partial charge in [-0.05, 0) is 43.9 Å². The first-order valence-corrected chi connectivity index (χ1v) is 6.19. The summed E-state index contributed by atoms with van der Waals surface area (Å²) in [5, 5.41) is 2.91. The lowest BCUT2D eigenvalue weighted by Crippen LogP contribution is -2.27. The molecular formula is C14H19NO3. The molecule has 1 fully saturated rings. The van der Waals surface area contributed by atoms with Crippen molar-refractivity contribution in [2.24, 2.45) is 0 Å². The largest absolute Gasteiger partial charge is 0.495 e. The average molecular weight is 249 g/mol. The van der Waals surface area contributed by atoms with Crippen LogP contribution in [-0.4, -0.2) is 25.7 Å². The molecule has 0 radical (unpaired) electrons. The highest BCUT2D eigenvalue weighted by Crippen LogP contribution is 2.30. The number of carbonyl (C=O) groups excluding carboxylic acids is 1. The summed E-state index contributed by atoms with van der Waals surface area (Å²) in [5.74, 6) is 0.608. The van der Waals surface area contributed by atoms with Crippen LogP contribution in [-0.2, 0) is 9.53 Å². The number of hydrogen-bond acceptors (Lipinski definition) is 3. The van der Waals surface area contributed by atoms with Crippen molar-refractivity contribution in [1.29, 1.82) is 0 Å². The maximum Gasteiger partial charge on any atom is 0.253 e. The standard InChI is InChI=1S/C14H19NO3/c1-9-7-10(2)13(12(8-9)17-3)15-14(16)11-5-4-6-18-11/h7-8,11H,4-6H2,1-3H3,(H,15,16). The summed E-state index contributed by atoms with van der Waals surface area (Å²) in [6.07, 6.45) is 1.41. The van der Waals surface area contributed by atoms with Gasteiger partial charge in [-0.3, -0.25) is 4.79 Å². The molecular weight excluding hydrogens is 230 g/mol. The summed E-state index contributed by atoms with van der Waals surface area (Å²) in [7, 11) is 1.61. The normalized spacial score (nSPS) is 18.7. The van der Waals surface area contributed by atoms with Gasteiger partial charge in [-0.15, -0.1) is 0 Å². The summed E-state index contributed by atoms with van der Waals surface area (Å²) in [5.41, 5.74) is 2.85. The quantitative estimate of drug-likeness (QED) is 0.895. The van der Waals surface area contributed by atoms with Gasteiger partial charge in [-0.1, -0.05) is 6.07 Å². The Morgan fingerprint density at radius 1 is 1.44 bits per heavy atom. The van der Waals surface area contributed by atoms with E-state index in [1.165, 1.54) is 0 Å². The van der Waals surface area contributed by atoms with E-state index in [1.54, 1.807) is 7.11 Å². The van der Waals surface area contributed by atoms with E-state index in [0.29, 0.717) is 12.4 Å². The highest BCUT2D eigenvalue weighted by Gasteiger charge is 2.24. The first-order chi connectivity index (χ1) is 8.61. The molecule has 1 aliphatic rings. The molecule has 0 bridgehead atoms. The van der Waals surface area contributed by atoms with Gasteiger partial charge in [0.2, 0.25) is 0 Å². The van der Waals surface area contributed by atoms with E-state index < -0.39 is 0 Å². The lowest BCUT2D eigenvalue weighted by atomic mass is 10.1. The Kier molecular flexibility index (Phi) is 3.87. The molecule has 1 aliphatic heterocycles. The predicted molar refractivity (Wildman–Crippen MR) is 70.1 cm³/mol. The monoisotopic (exact) mass is 249 g/mol. The van der Waals surface area contributed by atoms with Gasteiger partial charge >= 0.3 is 0 Å². The third-order valence-electron chi connectivity index (χ3n) is 3.13. The zero-order valence-electron chi connectivity index (χ0n) is 11.1. The van der Waals surface area contributed by atoms with Gasteiger partial charge in [-0.2, -0.15) is 0 Å². The molecule has 1 aromatic carbocycles. The number of hydrogen-bond donors (Lipinski definition) is 1. The van der Waals surface area contributed by atoms with Crippen molar-refractivity contribution in [3.05, 3.63) is 23.3 Å². The van der Waals surface area contributed by atoms with Crippen molar-refractivity contribution >= 4 is 11.6 Å². The minimum absolute atomic E-state index is 0.0854. The van der Waals surface area contributed by atoms with Crippen LogP contribution in [0.5, 0.6) is 5.75 Å². The smallest absolute Gasteiger partial charge is 0.253 e. The molecule has 1 heterocycles. The number of anilines is 1. The molecule has 1 aromatic rings. The number of benzene rings is 1. The van der Waals surface area contributed by atoms with E-state index in [0.717, 1.165) is 29.7 Å². The highest BCUT2D eigenvalue weighted by atomic mass is 16.5. The summed E-state index contributed by atoms with van der Waals surface area (Å²) in [6, 6.07) is 3.94. The molecule has 1 atom stereocenters. The molecule has 98 valence electrons. The number of ether oxygens (including phenoxy) is 2. The number of carbonyl (C=O) groups is 1. The molecule has 2 rings (SSSR count). The van der Waals surface area contributed by atoms with E-state index in [2.05, 4.69) is 5.32 Å². The molecule has 0 spiro atoms. The highest BCUT2D eigenvalue weighted by molar-refractivity contribution is 5.96. The van der Waals surface area contributed by atoms with Crippen LogP contribution in [0.25, 0.3) is 0 Å². The molecule has 1 unspecified atom stereocenters. The lowest BCUT2D eigenvalue weighted by Gasteiger charge is -2.16. The van der Waals surface area contributed by atoms with Crippen LogP contribution in [0.15, 0.2) is 12.1 Å². The van der Waals surface area contributed by atoms with Gasteiger partial charge in [0, 0.05) is 6.61 Å². The Labute approximate surface area is 107 Å². The molecule has 4 heteroatoms. The zero-order valence-corrected chi connectivity index (χ0v) is 11.1. The van der Waals surface area contributed by atoms with E-state index in [4.69, 9.17) is 9.47 Å². The van der Waals surface area contributed by atoms with Crippen LogP contribution in [0.2, 0.25) is 0 Å². The van der Waals surface area contributed by atoms with Crippen LogP contribution >= 0.6 is 0 Å². The van der Waals surface area contributed by atoms with Crippen molar-refractivity contribution in [3.8, 4) is 5.75 Å². The Bertz CT molecular complexity index is 451. The van der Waals surface area contributed by atoms with Gasteiger partial charge in [0.15, 0.2) is 0 Å². The van der Waals surface area contributed by atoms with Gasteiger partial charge in [0.1, 0.15) is 11.9 Å². The van der Waals surface area contributed by atoms with E-state index in [9.17, 15) is 4.79 Å². The second-order valence-corrected chi connectivity index (χ2v) is 4.65. The second-order valence-electron chi connectivity index (χ2n) is 4.65. The summed E-state index contributed by atoms with van der Waals surface area (Å²) < 4.78 is 10.7. The van der Waals surface area contributed by atoms with E-state index >= 15 is 0 Å². The molecule has 0 aromatic heterocycles. The number of nitrogens with one attached hydrogen (secondary N) is 1. The maximum absolute atomic E-state index is 12.0. The maximum atomic E-state index is 12.0. The SMILES string of the molecule is COc1cc(C)cc(C)c1NC(=O)C1CCCO1. The zero-order chi connectivity index (χ0) is 13.1. The third-order valence-corrected chi connectivity index (χ3v) is 3.13. The minimum Gasteiger partial charge on any atom is -0.495 e. The number of rotatable bonds is 3. The van der Waals surface area contributed by atoms with Crippen LogP contribution in [0.1, 0.15) is 24.0 Å². The van der Waals surface area contributed by atoms with Crippen molar-refractivity contribution in [3.63, 3.8) is 0 Å². The second kappa shape index (κ2) is 5.40. The van der Waals surface area contributed by atoms with Crippen LogP contribution in [0.3, 0.4) is 0 Å². The van der Waals surface area contributed by atoms with Crippen LogP contribution in [0, 0.1) is 13.8 Å². The van der Waals surface area contributed by atoms with Crippen LogP contribution < -0.4 is 10.1 Å². The molecule has 1 N–H and O–H groups in total. The Morgan fingerprint density at radius 2 is 2.22 bits per heavy atom. The fourth-order valence-electron chi connectivity index (χ4n) is 2.24. The molecule has 0 aliphatic carbocycles. The fourth-order valence-corrected chi connectivity index (χ4v) is 2.24. The van der Waals surface area contributed by atoms with Crippen LogP contribution in [0.4, 0.5) is 5.69 Å². The van der Waals surface area contributed by atoms with E-state index in [-0.39, 0.29) is 12.0 Å². The van der Waals surface area contributed by atoms with Gasteiger partial charge in [0.25, 0.3) is 5.91 Å². The van der Waals surface area contributed by atoms with Crippen molar-refractivity contribution < 1.29 is 14.3 Å². The Balaban J connectivity index is 2.19. The van der Waals surface area contributed by atoms with E-state index in [1.807, 2.05) is 26.0 Å². The first-order valence-electron chi connectivity index (χ1n) is 6.19. The fraction of sp³-hybridized carbons (Fsp3) is 0.500. The molecule has 0 saturated carbocycles. The number of amides is 1. The van der Waals surface area contributed by atoms with Crippen molar-refractivity contribution in [1.82, 2.24) is 0 Å². The summed E-state index contributed by atoms with van der Waals surface area (Å²) >= 11 is 0. The Hall–Kier alpha value is -1.55. The van der Waals surface area contributed by atoms with Crippen molar-refractivity contribution in [2.45, 2.75) is 32.8 Å². The topological polar surface area (TPSA) is 47.6 Å². The number of aryl methyl sites for hydroxylation is 2. The number of methoxy groups -OCH3 is 1. The van der Waals surface area contributed by atoms with Crippen molar-refractivity contribution in [2.75, 3.05) is 19.0 Å². The third kappa shape index (κ3) is 2.64. The molecule has 1 saturated heterocycles. The van der Waals surface area contributed by atoms with Gasteiger partial charge in [0.05, 0.1) is 12.8 Å². The Morgan fingerprint density at radius 3 is 2.83 bits per heavy atom. The first kappa shape index (κ1) is 12.9. The molecule has 1 amide bonds. The van der Waals surface area contributed by atoms with Gasteiger partial charge in [-0.25, -0.2) is 0 Å². The summed E-state index contributed by atoms with van der Waals surface area (Å²) in [6.45, 7) is 4.63. The molecule has 18 heavy (non-hydrogen) atoms. The predicted octanol–water partition coefficient (Wildman–Crippen LogP) is 2.43. The van der Waals surface area contributed by atoms with Gasteiger partial charge < -0.3 is 14.8 Å². The molecule has 4 nitrogen and oxygen atoms in total. The lowest BCUT2D eigenvalue weighted by molar-refractivity contribution is -0.124. The minimum atomic E-state index is -0.324.